The molecule has 0 radical (unpaired) electrons. The number of nitrogens with one attached hydrogen (secondary N) is 1. The largest absolute Gasteiger partial charge is 0.497 e. The highest BCUT2D eigenvalue weighted by Crippen LogP contribution is 2.24. The number of aryl methyl sites for hydroxylation is 1. The summed E-state index contributed by atoms with van der Waals surface area (Å²) in [6.07, 6.45) is 0.491. The Labute approximate surface area is 174 Å². The molecule has 7 heteroatoms. The summed E-state index contributed by atoms with van der Waals surface area (Å²) in [5.41, 5.74) is 1.37. The van der Waals surface area contributed by atoms with Gasteiger partial charge in [-0.05, 0) is 43.2 Å². The van der Waals surface area contributed by atoms with Crippen molar-refractivity contribution in [2.75, 3.05) is 27.4 Å². The molecule has 0 atom stereocenters. The fraction of sp³-hybridized carbons (Fsp3) is 0.304. The van der Waals surface area contributed by atoms with E-state index in [-0.39, 0.29) is 12.3 Å². The van der Waals surface area contributed by atoms with E-state index in [0.29, 0.717) is 48.0 Å². The van der Waals surface area contributed by atoms with Crippen LogP contribution in [-0.4, -0.2) is 33.3 Å². The van der Waals surface area contributed by atoms with Crippen LogP contribution in [0.25, 0.3) is 11.0 Å². The van der Waals surface area contributed by atoms with Crippen molar-refractivity contribution >= 4 is 16.9 Å². The third-order valence-electron chi connectivity index (χ3n) is 4.83. The number of carbonyl (C=O) groups is 1. The number of benzene rings is 2. The summed E-state index contributed by atoms with van der Waals surface area (Å²) >= 11 is 0. The number of ether oxygens (including phenoxy) is 3. The number of carbonyl (C=O) groups excluding carboxylic acids is 1. The van der Waals surface area contributed by atoms with Crippen LogP contribution in [0.2, 0.25) is 0 Å². The lowest BCUT2D eigenvalue weighted by molar-refractivity contribution is -0.121. The molecule has 158 valence electrons. The van der Waals surface area contributed by atoms with E-state index >= 15 is 0 Å². The highest BCUT2D eigenvalue weighted by Gasteiger charge is 2.13. The monoisotopic (exact) mass is 411 g/mol. The predicted molar refractivity (Wildman–Crippen MR) is 114 cm³/mol. The summed E-state index contributed by atoms with van der Waals surface area (Å²) in [6.45, 7) is 2.56. The molecule has 3 rings (SSSR count). The van der Waals surface area contributed by atoms with Gasteiger partial charge in [0.25, 0.3) is 0 Å². The Morgan fingerprint density at radius 1 is 1.03 bits per heavy atom. The summed E-state index contributed by atoms with van der Waals surface area (Å²) in [4.78, 5) is 24.5. The lowest BCUT2D eigenvalue weighted by Crippen LogP contribution is -2.28. The summed E-state index contributed by atoms with van der Waals surface area (Å²) in [5, 5.41) is 3.63. The van der Waals surface area contributed by atoms with Gasteiger partial charge in [0.2, 0.25) is 5.91 Å². The number of hydrogen-bond acceptors (Lipinski definition) is 6. The van der Waals surface area contributed by atoms with Crippen molar-refractivity contribution < 1.29 is 23.4 Å². The zero-order valence-corrected chi connectivity index (χ0v) is 17.3. The van der Waals surface area contributed by atoms with Crippen molar-refractivity contribution in [1.29, 1.82) is 0 Å². The van der Waals surface area contributed by atoms with Gasteiger partial charge in [-0.1, -0.05) is 6.07 Å². The molecule has 1 heterocycles. The Morgan fingerprint density at radius 2 is 1.77 bits per heavy atom. The van der Waals surface area contributed by atoms with Crippen LogP contribution in [0.4, 0.5) is 0 Å². The first kappa shape index (κ1) is 21.2. The number of amides is 1. The maximum Gasteiger partial charge on any atom is 0.339 e. The van der Waals surface area contributed by atoms with Crippen LogP contribution < -0.4 is 25.2 Å². The van der Waals surface area contributed by atoms with Crippen molar-refractivity contribution in [3.05, 3.63) is 64.0 Å². The van der Waals surface area contributed by atoms with E-state index in [1.807, 2.05) is 37.3 Å². The Kier molecular flexibility index (Phi) is 6.95. The van der Waals surface area contributed by atoms with Crippen molar-refractivity contribution in [2.45, 2.75) is 19.8 Å². The molecule has 1 amide bonds. The van der Waals surface area contributed by atoms with E-state index in [2.05, 4.69) is 5.32 Å². The highest BCUT2D eigenvalue weighted by molar-refractivity contribution is 5.82. The molecule has 0 aliphatic heterocycles. The number of rotatable bonds is 9. The number of fused-ring (bicyclic) bond motifs is 1. The van der Waals surface area contributed by atoms with E-state index in [4.69, 9.17) is 18.6 Å². The molecule has 2 aromatic carbocycles. The van der Waals surface area contributed by atoms with Gasteiger partial charge in [-0.2, -0.15) is 0 Å². The molecule has 0 bridgehead atoms. The fourth-order valence-corrected chi connectivity index (χ4v) is 3.17. The third-order valence-corrected chi connectivity index (χ3v) is 4.83. The molecule has 1 aromatic heterocycles. The quantitative estimate of drug-likeness (QED) is 0.430. The highest BCUT2D eigenvalue weighted by atomic mass is 16.5. The first-order valence-electron chi connectivity index (χ1n) is 9.65. The second-order valence-corrected chi connectivity index (χ2v) is 6.73. The smallest absolute Gasteiger partial charge is 0.339 e. The molecular formula is C23H25NO6. The standard InChI is InChI=1S/C23H25NO6/c1-15-19-8-7-17(28-3)14-21(19)30-23(26)20(15)9-10-22(25)24-11-12-29-18-6-4-5-16(13-18)27-2/h4-8,13-14H,9-12H2,1-3H3,(H,24,25). The Morgan fingerprint density at radius 3 is 2.53 bits per heavy atom. The van der Waals surface area contributed by atoms with Crippen molar-refractivity contribution in [1.82, 2.24) is 5.32 Å². The predicted octanol–water partition coefficient (Wildman–Crippen LogP) is 3.25. The molecule has 0 aliphatic rings. The fourth-order valence-electron chi connectivity index (χ4n) is 3.17. The van der Waals surface area contributed by atoms with Crippen LogP contribution in [0.1, 0.15) is 17.5 Å². The number of methoxy groups -OCH3 is 2. The zero-order valence-electron chi connectivity index (χ0n) is 17.3. The lowest BCUT2D eigenvalue weighted by Gasteiger charge is -2.10. The van der Waals surface area contributed by atoms with Crippen molar-refractivity contribution in [2.24, 2.45) is 0 Å². The van der Waals surface area contributed by atoms with Gasteiger partial charge in [0.15, 0.2) is 0 Å². The van der Waals surface area contributed by atoms with Gasteiger partial charge in [-0.3, -0.25) is 4.79 Å². The first-order valence-corrected chi connectivity index (χ1v) is 9.65. The second-order valence-electron chi connectivity index (χ2n) is 6.73. The Bertz CT molecular complexity index is 1090. The van der Waals surface area contributed by atoms with Crippen LogP contribution in [-0.2, 0) is 11.2 Å². The normalized spacial score (nSPS) is 10.6. The Balaban J connectivity index is 1.53. The SMILES string of the molecule is COc1cccc(OCCNC(=O)CCc2c(C)c3ccc(OC)cc3oc2=O)c1. The maximum atomic E-state index is 12.4. The summed E-state index contributed by atoms with van der Waals surface area (Å²) in [5.74, 6) is 1.84. The van der Waals surface area contributed by atoms with Crippen LogP contribution >= 0.6 is 0 Å². The maximum absolute atomic E-state index is 12.4. The molecule has 0 unspecified atom stereocenters. The van der Waals surface area contributed by atoms with Gasteiger partial charge in [-0.25, -0.2) is 4.79 Å². The van der Waals surface area contributed by atoms with E-state index in [1.54, 1.807) is 26.4 Å². The van der Waals surface area contributed by atoms with Gasteiger partial charge < -0.3 is 23.9 Å². The van der Waals surface area contributed by atoms with Gasteiger partial charge >= 0.3 is 5.63 Å². The molecule has 0 fully saturated rings. The van der Waals surface area contributed by atoms with Crippen molar-refractivity contribution in [3.63, 3.8) is 0 Å². The third kappa shape index (κ3) is 5.11. The van der Waals surface area contributed by atoms with Crippen LogP contribution in [0.15, 0.2) is 51.7 Å². The molecule has 0 saturated carbocycles. The zero-order chi connectivity index (χ0) is 21.5. The number of hydrogen-bond donors (Lipinski definition) is 1. The lowest BCUT2D eigenvalue weighted by atomic mass is 10.0. The van der Waals surface area contributed by atoms with Gasteiger partial charge in [-0.15, -0.1) is 0 Å². The molecule has 30 heavy (non-hydrogen) atoms. The molecule has 0 spiro atoms. The molecule has 1 N–H and O–H groups in total. The van der Waals surface area contributed by atoms with Crippen LogP contribution in [0.3, 0.4) is 0 Å². The summed E-state index contributed by atoms with van der Waals surface area (Å²) < 4.78 is 21.3. The minimum Gasteiger partial charge on any atom is -0.497 e. The molecule has 7 nitrogen and oxygen atoms in total. The van der Waals surface area contributed by atoms with E-state index in [0.717, 1.165) is 10.9 Å². The molecule has 0 aliphatic carbocycles. The molecular weight excluding hydrogens is 386 g/mol. The second kappa shape index (κ2) is 9.82. The van der Waals surface area contributed by atoms with Gasteiger partial charge in [0, 0.05) is 29.5 Å². The average molecular weight is 411 g/mol. The van der Waals surface area contributed by atoms with Crippen LogP contribution in [0, 0.1) is 6.92 Å². The first-order chi connectivity index (χ1) is 14.5. The summed E-state index contributed by atoms with van der Waals surface area (Å²) in [7, 11) is 3.15. The minimum atomic E-state index is -0.428. The summed E-state index contributed by atoms with van der Waals surface area (Å²) in [6, 6.07) is 12.6. The molecule has 3 aromatic rings. The van der Waals surface area contributed by atoms with Gasteiger partial charge in [0.1, 0.15) is 29.4 Å². The van der Waals surface area contributed by atoms with E-state index in [9.17, 15) is 9.59 Å². The van der Waals surface area contributed by atoms with Crippen molar-refractivity contribution in [3.8, 4) is 17.2 Å². The Hall–Kier alpha value is -3.48. The van der Waals surface area contributed by atoms with E-state index in [1.165, 1.54) is 0 Å². The topological polar surface area (TPSA) is 87.0 Å². The van der Waals surface area contributed by atoms with Crippen LogP contribution in [0.5, 0.6) is 17.2 Å². The average Bonchev–Trinajstić information content (AvgIpc) is 2.76. The van der Waals surface area contributed by atoms with Gasteiger partial charge in [0.05, 0.1) is 20.8 Å². The van der Waals surface area contributed by atoms with E-state index < -0.39 is 5.63 Å². The minimum absolute atomic E-state index is 0.155. The molecule has 0 saturated heterocycles.